The third-order valence-electron chi connectivity index (χ3n) is 5.44. The zero-order valence-electron chi connectivity index (χ0n) is 16.9. The lowest BCUT2D eigenvalue weighted by Crippen LogP contribution is -2.41. The first kappa shape index (κ1) is 19.3. The summed E-state index contributed by atoms with van der Waals surface area (Å²) in [5.74, 6) is 0.0300. The predicted octanol–water partition coefficient (Wildman–Crippen LogP) is 2.96. The van der Waals surface area contributed by atoms with Gasteiger partial charge in [-0.05, 0) is 38.1 Å². The lowest BCUT2D eigenvalue weighted by Gasteiger charge is -2.30. The number of fused-ring (bicyclic) bond motifs is 1. The van der Waals surface area contributed by atoms with Crippen molar-refractivity contribution in [2.45, 2.75) is 32.0 Å². The van der Waals surface area contributed by atoms with Crippen molar-refractivity contribution in [3.05, 3.63) is 54.1 Å². The van der Waals surface area contributed by atoms with Crippen LogP contribution in [0.4, 0.5) is 5.69 Å². The molecule has 29 heavy (non-hydrogen) atoms. The standard InChI is InChI=1S/C22H24N2O5/c1-13(2)23-21(25)18-19(16-11-10-15(27-3)12-17(16)28-4)24(29-20(18)22(23)26)14-8-6-5-7-9-14/h5-13,18-20H,1-4H3. The van der Waals surface area contributed by atoms with E-state index in [1.807, 2.05) is 56.3 Å². The summed E-state index contributed by atoms with van der Waals surface area (Å²) < 4.78 is 10.9. The van der Waals surface area contributed by atoms with Gasteiger partial charge in [-0.2, -0.15) is 0 Å². The number of imide groups is 1. The van der Waals surface area contributed by atoms with Crippen LogP contribution in [0.15, 0.2) is 48.5 Å². The molecular formula is C22H24N2O5. The van der Waals surface area contributed by atoms with Gasteiger partial charge < -0.3 is 9.47 Å². The highest BCUT2D eigenvalue weighted by atomic mass is 16.7. The Bertz CT molecular complexity index is 930. The first-order valence-electron chi connectivity index (χ1n) is 9.57. The van der Waals surface area contributed by atoms with Gasteiger partial charge in [0, 0.05) is 17.7 Å². The van der Waals surface area contributed by atoms with Crippen LogP contribution in [-0.2, 0) is 14.4 Å². The van der Waals surface area contributed by atoms with Gasteiger partial charge in [-0.3, -0.25) is 19.3 Å². The molecule has 2 aliphatic heterocycles. The lowest BCUT2D eigenvalue weighted by atomic mass is 9.90. The second-order valence-corrected chi connectivity index (χ2v) is 7.41. The van der Waals surface area contributed by atoms with Crippen LogP contribution in [0.25, 0.3) is 0 Å². The van der Waals surface area contributed by atoms with Gasteiger partial charge in [0.2, 0.25) is 5.91 Å². The second kappa shape index (κ2) is 7.40. The smallest absolute Gasteiger partial charge is 0.262 e. The molecule has 152 valence electrons. The lowest BCUT2D eigenvalue weighted by molar-refractivity contribution is -0.145. The maximum Gasteiger partial charge on any atom is 0.262 e. The number of hydroxylamine groups is 1. The minimum atomic E-state index is -0.859. The third-order valence-corrected chi connectivity index (χ3v) is 5.44. The average molecular weight is 396 g/mol. The third kappa shape index (κ3) is 3.02. The van der Waals surface area contributed by atoms with Crippen LogP contribution in [0.1, 0.15) is 25.5 Å². The number of carbonyl (C=O) groups excluding carboxylic acids is 2. The van der Waals surface area contributed by atoms with Crippen LogP contribution in [0, 0.1) is 5.92 Å². The SMILES string of the molecule is COc1ccc(C2C3C(=O)N(C(C)C)C(=O)C3ON2c2ccccc2)c(OC)c1. The first-order valence-corrected chi connectivity index (χ1v) is 9.57. The molecular weight excluding hydrogens is 372 g/mol. The molecule has 2 amide bonds. The summed E-state index contributed by atoms with van der Waals surface area (Å²) in [6.07, 6.45) is -0.859. The summed E-state index contributed by atoms with van der Waals surface area (Å²) in [4.78, 5) is 33.6. The van der Waals surface area contributed by atoms with Crippen molar-refractivity contribution in [1.29, 1.82) is 0 Å². The first-order chi connectivity index (χ1) is 14.0. The maximum atomic E-state index is 13.3. The molecule has 7 heteroatoms. The van der Waals surface area contributed by atoms with Gasteiger partial charge in [-0.1, -0.05) is 18.2 Å². The highest BCUT2D eigenvalue weighted by Crippen LogP contribution is 2.49. The molecule has 0 spiro atoms. The van der Waals surface area contributed by atoms with Crippen molar-refractivity contribution < 1.29 is 23.9 Å². The van der Waals surface area contributed by atoms with Gasteiger partial charge in [0.25, 0.3) is 5.91 Å². The van der Waals surface area contributed by atoms with E-state index >= 15 is 0 Å². The molecule has 0 aliphatic carbocycles. The summed E-state index contributed by atoms with van der Waals surface area (Å²) in [7, 11) is 3.15. The van der Waals surface area contributed by atoms with E-state index in [0.29, 0.717) is 11.5 Å². The molecule has 3 unspecified atom stereocenters. The number of hydrogen-bond donors (Lipinski definition) is 0. The Morgan fingerprint density at radius 2 is 1.69 bits per heavy atom. The monoisotopic (exact) mass is 396 g/mol. The number of ether oxygens (including phenoxy) is 2. The predicted molar refractivity (Wildman–Crippen MR) is 107 cm³/mol. The molecule has 0 bridgehead atoms. The van der Waals surface area contributed by atoms with E-state index in [-0.39, 0.29) is 17.9 Å². The van der Waals surface area contributed by atoms with Gasteiger partial charge in [-0.25, -0.2) is 5.06 Å². The van der Waals surface area contributed by atoms with Crippen molar-refractivity contribution in [3.63, 3.8) is 0 Å². The highest BCUT2D eigenvalue weighted by Gasteiger charge is 2.60. The molecule has 0 radical (unpaired) electrons. The minimum Gasteiger partial charge on any atom is -0.497 e. The molecule has 2 fully saturated rings. The average Bonchev–Trinajstić information content (AvgIpc) is 3.24. The molecule has 2 aromatic carbocycles. The van der Waals surface area contributed by atoms with Crippen molar-refractivity contribution in [2.75, 3.05) is 19.3 Å². The number of amides is 2. The number of rotatable bonds is 5. The van der Waals surface area contributed by atoms with E-state index in [9.17, 15) is 9.59 Å². The molecule has 0 N–H and O–H groups in total. The Morgan fingerprint density at radius 1 is 0.966 bits per heavy atom. The van der Waals surface area contributed by atoms with Gasteiger partial charge in [0.1, 0.15) is 17.4 Å². The Hall–Kier alpha value is -3.06. The van der Waals surface area contributed by atoms with Crippen LogP contribution in [-0.4, -0.2) is 43.1 Å². The Kier molecular flexibility index (Phi) is 4.92. The normalized spacial score (nSPS) is 23.7. The van der Waals surface area contributed by atoms with E-state index in [4.69, 9.17) is 14.3 Å². The number of para-hydroxylation sites is 1. The number of methoxy groups -OCH3 is 2. The Morgan fingerprint density at radius 3 is 2.31 bits per heavy atom. The number of carbonyl (C=O) groups is 2. The summed E-state index contributed by atoms with van der Waals surface area (Å²) in [5.41, 5.74) is 1.53. The number of likely N-dealkylation sites (tertiary alicyclic amines) is 1. The molecule has 2 aromatic rings. The Labute approximate surface area is 169 Å². The van der Waals surface area contributed by atoms with Crippen LogP contribution in [0.5, 0.6) is 11.5 Å². The van der Waals surface area contributed by atoms with Crippen molar-refractivity contribution >= 4 is 17.5 Å². The van der Waals surface area contributed by atoms with Gasteiger partial charge in [0.15, 0.2) is 6.10 Å². The summed E-state index contributed by atoms with van der Waals surface area (Å²) in [5, 5.41) is 1.66. The van der Waals surface area contributed by atoms with Gasteiger partial charge in [-0.15, -0.1) is 0 Å². The maximum absolute atomic E-state index is 13.3. The fourth-order valence-electron chi connectivity index (χ4n) is 4.12. The number of benzene rings is 2. The summed E-state index contributed by atoms with van der Waals surface area (Å²) in [6.45, 7) is 3.66. The molecule has 2 aliphatic rings. The molecule has 0 aromatic heterocycles. The fourth-order valence-corrected chi connectivity index (χ4v) is 4.12. The summed E-state index contributed by atoms with van der Waals surface area (Å²) in [6, 6.07) is 14.2. The highest BCUT2D eigenvalue weighted by molar-refractivity contribution is 6.08. The van der Waals surface area contributed by atoms with E-state index in [0.717, 1.165) is 11.3 Å². The van der Waals surface area contributed by atoms with Crippen LogP contribution in [0.2, 0.25) is 0 Å². The van der Waals surface area contributed by atoms with Crippen LogP contribution < -0.4 is 14.5 Å². The van der Waals surface area contributed by atoms with Crippen LogP contribution in [0.3, 0.4) is 0 Å². The quantitative estimate of drug-likeness (QED) is 0.724. The largest absolute Gasteiger partial charge is 0.497 e. The van der Waals surface area contributed by atoms with E-state index in [2.05, 4.69) is 0 Å². The number of anilines is 1. The van der Waals surface area contributed by atoms with Crippen molar-refractivity contribution in [1.82, 2.24) is 4.90 Å². The topological polar surface area (TPSA) is 68.3 Å². The second-order valence-electron chi connectivity index (χ2n) is 7.41. The molecule has 0 saturated carbocycles. The zero-order valence-corrected chi connectivity index (χ0v) is 16.9. The minimum absolute atomic E-state index is 0.226. The zero-order chi connectivity index (χ0) is 20.7. The van der Waals surface area contributed by atoms with E-state index in [1.54, 1.807) is 25.3 Å². The number of hydrogen-bond acceptors (Lipinski definition) is 6. The Balaban J connectivity index is 1.84. The van der Waals surface area contributed by atoms with Gasteiger partial charge >= 0.3 is 0 Å². The van der Waals surface area contributed by atoms with Crippen LogP contribution >= 0.6 is 0 Å². The number of nitrogens with zero attached hydrogens (tertiary/aromatic N) is 2. The summed E-state index contributed by atoms with van der Waals surface area (Å²) >= 11 is 0. The van der Waals surface area contributed by atoms with E-state index < -0.39 is 18.1 Å². The molecule has 7 nitrogen and oxygen atoms in total. The molecule has 3 atom stereocenters. The van der Waals surface area contributed by atoms with E-state index in [1.165, 1.54) is 4.90 Å². The van der Waals surface area contributed by atoms with Crippen molar-refractivity contribution in [3.8, 4) is 11.5 Å². The fraction of sp³-hybridized carbons (Fsp3) is 0.364. The van der Waals surface area contributed by atoms with Gasteiger partial charge in [0.05, 0.1) is 25.9 Å². The van der Waals surface area contributed by atoms with Crippen molar-refractivity contribution in [2.24, 2.45) is 5.92 Å². The molecule has 2 saturated heterocycles. The molecule has 2 heterocycles. The molecule has 4 rings (SSSR count).